The summed E-state index contributed by atoms with van der Waals surface area (Å²) in [7, 11) is 0. The summed E-state index contributed by atoms with van der Waals surface area (Å²) in [6.07, 6.45) is 3.98. The Labute approximate surface area is 154 Å². The molecule has 0 spiro atoms. The zero-order valence-electron chi connectivity index (χ0n) is 13.7. The minimum atomic E-state index is 0.0414. The fraction of sp³-hybridized carbons (Fsp3) is 0.0500. The van der Waals surface area contributed by atoms with Gasteiger partial charge in [0, 0.05) is 28.2 Å². The van der Waals surface area contributed by atoms with Crippen LogP contribution in [-0.4, -0.2) is 4.98 Å². The Morgan fingerprint density at radius 1 is 0.769 bits per heavy atom. The number of rotatable bonds is 2. The number of nitrogens with zero attached hydrogens (tertiary/aromatic N) is 1. The molecule has 6 rings (SSSR count). The minimum absolute atomic E-state index is 0.0414. The topological polar surface area (TPSA) is 61.0 Å². The second-order valence-electron chi connectivity index (χ2n) is 6.49. The third kappa shape index (κ3) is 1.96. The summed E-state index contributed by atoms with van der Waals surface area (Å²) < 4.78 is 1.19. The maximum Gasteiger partial charge on any atom is 0.120 e. The lowest BCUT2D eigenvalue weighted by Gasteiger charge is -2.26. The summed E-state index contributed by atoms with van der Waals surface area (Å²) in [5, 5.41) is 1.24. The first-order valence-electron chi connectivity index (χ1n) is 8.52. The molecule has 2 aromatic carbocycles. The van der Waals surface area contributed by atoms with E-state index in [1.54, 1.807) is 11.3 Å². The summed E-state index contributed by atoms with van der Waals surface area (Å²) >= 11 is 1.75. The van der Waals surface area contributed by atoms with Gasteiger partial charge in [-0.15, -0.1) is 11.3 Å². The third-order valence-electron chi connectivity index (χ3n) is 5.09. The molecule has 0 amide bonds. The Kier molecular flexibility index (Phi) is 3.04. The van der Waals surface area contributed by atoms with Crippen LogP contribution in [-0.2, 0) is 0 Å². The summed E-state index contributed by atoms with van der Waals surface area (Å²) in [6, 6.07) is 17.4. The molecule has 1 aliphatic carbocycles. The van der Waals surface area contributed by atoms with E-state index in [0.29, 0.717) is 0 Å². The Balaban J connectivity index is 1.55. The van der Waals surface area contributed by atoms with Crippen molar-refractivity contribution in [3.63, 3.8) is 0 Å². The molecule has 5 nitrogen and oxygen atoms in total. The summed E-state index contributed by atoms with van der Waals surface area (Å²) in [5.74, 6) is 0. The minimum Gasteiger partial charge on any atom is -0.263 e. The number of hydrogen-bond acceptors (Lipinski definition) is 6. The Morgan fingerprint density at radius 2 is 1.50 bits per heavy atom. The Morgan fingerprint density at radius 3 is 2.35 bits per heavy atom. The number of aromatic nitrogens is 1. The molecule has 26 heavy (non-hydrogen) atoms. The second kappa shape index (κ2) is 5.44. The number of hydrogen-bond donors (Lipinski definition) is 4. The normalized spacial score (nSPS) is 15.7. The van der Waals surface area contributed by atoms with Crippen LogP contribution >= 0.6 is 11.3 Å². The zero-order chi connectivity index (χ0) is 17.1. The van der Waals surface area contributed by atoms with E-state index in [0.717, 1.165) is 0 Å². The van der Waals surface area contributed by atoms with Gasteiger partial charge in [0.25, 0.3) is 0 Å². The molecule has 3 heterocycles. The lowest BCUT2D eigenvalue weighted by molar-refractivity contribution is 0.556. The van der Waals surface area contributed by atoms with Gasteiger partial charge in [0.2, 0.25) is 0 Å². The average Bonchev–Trinajstić information content (AvgIpc) is 3.34. The first-order valence-corrected chi connectivity index (χ1v) is 9.33. The Hall–Kier alpha value is -2.61. The van der Waals surface area contributed by atoms with Gasteiger partial charge in [-0.25, -0.2) is 10.9 Å². The van der Waals surface area contributed by atoms with Crippen molar-refractivity contribution in [1.29, 1.82) is 0 Å². The van der Waals surface area contributed by atoms with E-state index in [9.17, 15) is 0 Å². The van der Waals surface area contributed by atoms with E-state index in [1.165, 1.54) is 48.3 Å². The highest BCUT2D eigenvalue weighted by Gasteiger charge is 2.26. The SMILES string of the molecule is c1ccc2c(c1)-c1cccc(-c3cncc4sc(C5NNNN5)cc34)c1-2. The van der Waals surface area contributed by atoms with E-state index in [-0.39, 0.29) is 6.17 Å². The van der Waals surface area contributed by atoms with Crippen LogP contribution in [0.3, 0.4) is 0 Å². The van der Waals surface area contributed by atoms with Crippen molar-refractivity contribution in [2.45, 2.75) is 6.17 Å². The molecule has 4 aromatic rings. The maximum atomic E-state index is 4.52. The van der Waals surface area contributed by atoms with Gasteiger partial charge in [-0.05, 0) is 33.9 Å². The van der Waals surface area contributed by atoms with Crippen LogP contribution in [0, 0.1) is 0 Å². The predicted octanol–water partition coefficient (Wildman–Crippen LogP) is 3.73. The van der Waals surface area contributed by atoms with E-state index >= 15 is 0 Å². The third-order valence-corrected chi connectivity index (χ3v) is 6.22. The van der Waals surface area contributed by atoms with Gasteiger partial charge in [-0.3, -0.25) is 4.98 Å². The first kappa shape index (κ1) is 14.5. The monoisotopic (exact) mass is 357 g/mol. The second-order valence-corrected chi connectivity index (χ2v) is 7.61. The van der Waals surface area contributed by atoms with E-state index < -0.39 is 0 Å². The number of nitrogens with one attached hydrogen (secondary N) is 4. The molecule has 2 aliphatic rings. The molecule has 126 valence electrons. The number of benzene rings is 2. The van der Waals surface area contributed by atoms with Crippen LogP contribution in [0.1, 0.15) is 11.0 Å². The van der Waals surface area contributed by atoms with Crippen LogP contribution in [0.5, 0.6) is 0 Å². The molecule has 4 N–H and O–H groups in total. The summed E-state index contributed by atoms with van der Waals surface area (Å²) in [5.41, 5.74) is 19.9. The van der Waals surface area contributed by atoms with Crippen molar-refractivity contribution >= 4 is 21.4 Å². The highest BCUT2D eigenvalue weighted by atomic mass is 32.1. The number of hydrazine groups is 3. The average molecular weight is 357 g/mol. The number of fused-ring (bicyclic) bond motifs is 5. The zero-order valence-corrected chi connectivity index (χ0v) is 14.5. The molecule has 1 saturated heterocycles. The molecule has 1 fully saturated rings. The van der Waals surface area contributed by atoms with E-state index in [1.807, 2.05) is 12.4 Å². The highest BCUT2D eigenvalue weighted by Crippen LogP contribution is 2.52. The van der Waals surface area contributed by atoms with Crippen molar-refractivity contribution in [3.8, 4) is 33.4 Å². The van der Waals surface area contributed by atoms with Crippen LogP contribution in [0.2, 0.25) is 0 Å². The predicted molar refractivity (Wildman–Crippen MR) is 105 cm³/mol. The van der Waals surface area contributed by atoms with Crippen molar-refractivity contribution < 1.29 is 0 Å². The van der Waals surface area contributed by atoms with Gasteiger partial charge in [-0.2, -0.15) is 11.1 Å². The molecule has 0 bridgehead atoms. The first-order chi connectivity index (χ1) is 12.9. The number of thiophene rings is 1. The smallest absolute Gasteiger partial charge is 0.120 e. The largest absolute Gasteiger partial charge is 0.263 e. The van der Waals surface area contributed by atoms with Crippen molar-refractivity contribution in [3.05, 3.63) is 65.8 Å². The van der Waals surface area contributed by atoms with Gasteiger partial charge in [0.05, 0.1) is 4.70 Å². The quantitative estimate of drug-likeness (QED) is 0.388. The van der Waals surface area contributed by atoms with Gasteiger partial charge < -0.3 is 0 Å². The lowest BCUT2D eigenvalue weighted by Crippen LogP contribution is -2.33. The maximum absolute atomic E-state index is 4.52. The standard InChI is InChI=1S/C20H15N5S/c1-2-5-12-11(4-1)13-6-3-7-14(19(12)13)16-9-21-10-18-15(16)8-17(26-18)20-22-24-25-23-20/h1-10,20,22-25H. The van der Waals surface area contributed by atoms with Crippen LogP contribution < -0.4 is 21.9 Å². The van der Waals surface area contributed by atoms with Gasteiger partial charge in [-0.1, -0.05) is 42.5 Å². The van der Waals surface area contributed by atoms with E-state index in [2.05, 4.69) is 75.4 Å². The molecular formula is C20H15N5S. The van der Waals surface area contributed by atoms with Crippen molar-refractivity contribution in [1.82, 2.24) is 26.9 Å². The fourth-order valence-electron chi connectivity index (χ4n) is 3.90. The van der Waals surface area contributed by atoms with Crippen LogP contribution in [0.4, 0.5) is 0 Å². The Bertz CT molecular complexity index is 1160. The highest BCUT2D eigenvalue weighted by molar-refractivity contribution is 7.19. The van der Waals surface area contributed by atoms with Crippen LogP contribution in [0.25, 0.3) is 43.5 Å². The van der Waals surface area contributed by atoms with Crippen molar-refractivity contribution in [2.24, 2.45) is 0 Å². The molecule has 0 radical (unpaired) electrons. The molecule has 0 saturated carbocycles. The van der Waals surface area contributed by atoms with Gasteiger partial charge in [0.1, 0.15) is 6.17 Å². The number of pyridine rings is 1. The van der Waals surface area contributed by atoms with Crippen LogP contribution in [0.15, 0.2) is 60.9 Å². The molecule has 6 heteroatoms. The summed E-state index contributed by atoms with van der Waals surface area (Å²) in [6.45, 7) is 0. The fourth-order valence-corrected chi connectivity index (χ4v) is 4.96. The summed E-state index contributed by atoms with van der Waals surface area (Å²) in [4.78, 5) is 5.73. The van der Waals surface area contributed by atoms with Crippen molar-refractivity contribution in [2.75, 3.05) is 0 Å². The van der Waals surface area contributed by atoms with E-state index in [4.69, 9.17) is 0 Å². The molecule has 0 unspecified atom stereocenters. The van der Waals surface area contributed by atoms with Gasteiger partial charge in [0.15, 0.2) is 0 Å². The van der Waals surface area contributed by atoms with Gasteiger partial charge >= 0.3 is 0 Å². The lowest BCUT2D eigenvalue weighted by atomic mass is 9.76. The molecule has 0 atom stereocenters. The molecular weight excluding hydrogens is 342 g/mol. The molecule has 1 aliphatic heterocycles. The molecule has 2 aromatic heterocycles.